The van der Waals surface area contributed by atoms with Gasteiger partial charge in [-0.1, -0.05) is 0 Å². The lowest BCUT2D eigenvalue weighted by atomic mass is 9.76. The minimum Gasteiger partial charge on any atom is -0.444 e. The third-order valence-electron chi connectivity index (χ3n) is 5.29. The van der Waals surface area contributed by atoms with Crippen LogP contribution in [0.2, 0.25) is 0 Å². The predicted molar refractivity (Wildman–Crippen MR) is 95.8 cm³/mol. The molecular weight excluding hydrogens is 373 g/mol. The summed E-state index contributed by atoms with van der Waals surface area (Å²) in [4.78, 5) is 30.6. The van der Waals surface area contributed by atoms with Crippen LogP contribution in [-0.4, -0.2) is 39.4 Å². The standard InChI is InChI=1S/C20H25F3N2O3/c1-19(2,3)28-18(27)25-14-5-4-6-15(25)10-13(9-14)17(26)12-7-8-16(24-11-12)20(21,22)23/h7-8,11,13-15H,4-6,9-10H2,1-3H3. The van der Waals surface area contributed by atoms with Crippen molar-refractivity contribution in [1.29, 1.82) is 0 Å². The van der Waals surface area contributed by atoms with E-state index in [0.717, 1.165) is 31.5 Å². The van der Waals surface area contributed by atoms with Crippen LogP contribution in [0.5, 0.6) is 0 Å². The highest BCUT2D eigenvalue weighted by atomic mass is 19.4. The van der Waals surface area contributed by atoms with Gasteiger partial charge in [-0.15, -0.1) is 0 Å². The van der Waals surface area contributed by atoms with Gasteiger partial charge in [0.05, 0.1) is 0 Å². The molecule has 2 atom stereocenters. The Hall–Kier alpha value is -2.12. The summed E-state index contributed by atoms with van der Waals surface area (Å²) in [5, 5.41) is 0. The average Bonchev–Trinajstić information content (AvgIpc) is 2.57. The fraction of sp³-hybridized carbons (Fsp3) is 0.650. The molecule has 2 saturated heterocycles. The van der Waals surface area contributed by atoms with E-state index in [1.165, 1.54) is 6.07 Å². The van der Waals surface area contributed by atoms with Crippen molar-refractivity contribution in [3.63, 3.8) is 0 Å². The number of piperidine rings is 2. The van der Waals surface area contributed by atoms with Gasteiger partial charge in [0.2, 0.25) is 0 Å². The number of ketones is 1. The molecule has 2 fully saturated rings. The van der Waals surface area contributed by atoms with Crippen molar-refractivity contribution in [2.75, 3.05) is 0 Å². The highest BCUT2D eigenvalue weighted by Gasteiger charge is 2.44. The van der Waals surface area contributed by atoms with Crippen molar-refractivity contribution in [1.82, 2.24) is 9.88 Å². The van der Waals surface area contributed by atoms with Crippen LogP contribution in [0, 0.1) is 5.92 Å². The second-order valence-corrected chi connectivity index (χ2v) is 8.59. The van der Waals surface area contributed by atoms with Crippen molar-refractivity contribution in [3.05, 3.63) is 29.6 Å². The number of rotatable bonds is 2. The van der Waals surface area contributed by atoms with Crippen molar-refractivity contribution in [2.24, 2.45) is 5.92 Å². The lowest BCUT2D eigenvalue weighted by molar-refractivity contribution is -0.141. The first-order chi connectivity index (χ1) is 13.0. The molecule has 154 valence electrons. The van der Waals surface area contributed by atoms with E-state index < -0.39 is 17.5 Å². The topological polar surface area (TPSA) is 59.5 Å². The molecule has 2 aliphatic rings. The Labute approximate surface area is 162 Å². The van der Waals surface area contributed by atoms with E-state index in [4.69, 9.17) is 4.74 Å². The number of alkyl halides is 3. The van der Waals surface area contributed by atoms with Gasteiger partial charge in [0.25, 0.3) is 0 Å². The molecule has 28 heavy (non-hydrogen) atoms. The molecule has 8 heteroatoms. The van der Waals surface area contributed by atoms with Gasteiger partial charge < -0.3 is 9.64 Å². The molecule has 5 nitrogen and oxygen atoms in total. The number of carbonyl (C=O) groups is 2. The van der Waals surface area contributed by atoms with Gasteiger partial charge in [-0.3, -0.25) is 9.78 Å². The van der Waals surface area contributed by atoms with Crippen LogP contribution in [0.15, 0.2) is 18.3 Å². The fourth-order valence-electron chi connectivity index (χ4n) is 4.15. The largest absolute Gasteiger partial charge is 0.444 e. The number of pyridine rings is 1. The maximum absolute atomic E-state index is 12.8. The summed E-state index contributed by atoms with van der Waals surface area (Å²) in [7, 11) is 0. The first-order valence-electron chi connectivity index (χ1n) is 9.54. The van der Waals surface area contributed by atoms with Gasteiger partial charge >= 0.3 is 12.3 Å². The molecule has 1 amide bonds. The van der Waals surface area contributed by atoms with Crippen LogP contribution in [0.25, 0.3) is 0 Å². The molecule has 2 unspecified atom stereocenters. The summed E-state index contributed by atoms with van der Waals surface area (Å²) in [5.74, 6) is -0.533. The van der Waals surface area contributed by atoms with E-state index in [1.54, 1.807) is 4.90 Å². The highest BCUT2D eigenvalue weighted by molar-refractivity contribution is 5.97. The molecule has 0 radical (unpaired) electrons. The van der Waals surface area contributed by atoms with Crippen LogP contribution < -0.4 is 0 Å². The van der Waals surface area contributed by atoms with Crippen molar-refractivity contribution in [2.45, 2.75) is 76.7 Å². The molecule has 3 rings (SSSR count). The average molecular weight is 398 g/mol. The predicted octanol–water partition coefficient (Wildman–Crippen LogP) is 4.85. The van der Waals surface area contributed by atoms with E-state index in [9.17, 15) is 22.8 Å². The number of amides is 1. The van der Waals surface area contributed by atoms with Crippen molar-refractivity contribution >= 4 is 11.9 Å². The van der Waals surface area contributed by atoms with Crippen LogP contribution in [-0.2, 0) is 10.9 Å². The van der Waals surface area contributed by atoms with Gasteiger partial charge in [0, 0.05) is 29.8 Å². The fourth-order valence-corrected chi connectivity index (χ4v) is 4.15. The molecule has 0 aliphatic carbocycles. The lowest BCUT2D eigenvalue weighted by Crippen LogP contribution is -2.56. The molecule has 0 saturated carbocycles. The number of hydrogen-bond donors (Lipinski definition) is 0. The number of ether oxygens (including phenoxy) is 1. The summed E-state index contributed by atoms with van der Waals surface area (Å²) in [6.07, 6.45) is -0.319. The monoisotopic (exact) mass is 398 g/mol. The Balaban J connectivity index is 1.73. The zero-order chi connectivity index (χ0) is 20.7. The molecule has 1 aromatic heterocycles. The van der Waals surface area contributed by atoms with Gasteiger partial charge in [-0.25, -0.2) is 4.79 Å². The van der Waals surface area contributed by atoms with Gasteiger partial charge in [-0.2, -0.15) is 13.2 Å². The summed E-state index contributed by atoms with van der Waals surface area (Å²) in [6.45, 7) is 5.44. The number of Topliss-reactive ketones (excluding diaryl/α,β-unsaturated/α-hetero) is 1. The number of halogens is 3. The summed E-state index contributed by atoms with van der Waals surface area (Å²) in [5.41, 5.74) is -1.42. The number of carbonyl (C=O) groups excluding carboxylic acids is 2. The molecule has 0 spiro atoms. The first kappa shape index (κ1) is 20.6. The lowest BCUT2D eigenvalue weighted by Gasteiger charge is -2.48. The molecule has 2 bridgehead atoms. The Morgan fingerprint density at radius 3 is 2.18 bits per heavy atom. The second-order valence-electron chi connectivity index (χ2n) is 8.59. The summed E-state index contributed by atoms with van der Waals surface area (Å²) in [6, 6.07) is 1.86. The number of fused-ring (bicyclic) bond motifs is 2. The second kappa shape index (κ2) is 7.37. The maximum atomic E-state index is 12.8. The Kier molecular flexibility index (Phi) is 5.42. The zero-order valence-corrected chi connectivity index (χ0v) is 16.3. The van der Waals surface area contributed by atoms with Gasteiger partial charge in [-0.05, 0) is 65.0 Å². The van der Waals surface area contributed by atoms with Crippen molar-refractivity contribution < 1.29 is 27.5 Å². The minimum absolute atomic E-state index is 0.0845. The summed E-state index contributed by atoms with van der Waals surface area (Å²) < 4.78 is 43.5. The molecule has 0 aromatic carbocycles. The normalized spacial score (nSPS) is 25.4. The SMILES string of the molecule is CC(C)(C)OC(=O)N1C2CCCC1CC(C(=O)c1ccc(C(F)(F)F)nc1)C2. The van der Waals surface area contributed by atoms with Gasteiger partial charge in [0.1, 0.15) is 11.3 Å². The third-order valence-corrected chi connectivity index (χ3v) is 5.29. The van der Waals surface area contributed by atoms with E-state index >= 15 is 0 Å². The molecule has 3 heterocycles. The van der Waals surface area contributed by atoms with E-state index in [2.05, 4.69) is 4.98 Å². The molecular formula is C20H25F3N2O3. The van der Waals surface area contributed by atoms with Crippen LogP contribution in [0.4, 0.5) is 18.0 Å². The Morgan fingerprint density at radius 1 is 1.11 bits per heavy atom. The molecule has 1 aromatic rings. The Bertz CT molecular complexity index is 727. The van der Waals surface area contributed by atoms with E-state index in [0.29, 0.717) is 12.8 Å². The highest BCUT2D eigenvalue weighted by Crippen LogP contribution is 2.39. The number of aromatic nitrogens is 1. The third kappa shape index (κ3) is 4.47. The maximum Gasteiger partial charge on any atom is 0.433 e. The number of hydrogen-bond acceptors (Lipinski definition) is 4. The first-order valence-corrected chi connectivity index (χ1v) is 9.54. The quantitative estimate of drug-likeness (QED) is 0.668. The van der Waals surface area contributed by atoms with Crippen LogP contribution in [0.3, 0.4) is 0 Å². The Morgan fingerprint density at radius 2 is 1.71 bits per heavy atom. The van der Waals surface area contributed by atoms with E-state index in [1.807, 2.05) is 20.8 Å². The number of nitrogens with zero attached hydrogens (tertiary/aromatic N) is 2. The molecule has 2 aliphatic heterocycles. The van der Waals surface area contributed by atoms with Crippen molar-refractivity contribution in [3.8, 4) is 0 Å². The van der Waals surface area contributed by atoms with E-state index in [-0.39, 0.29) is 35.4 Å². The minimum atomic E-state index is -4.53. The van der Waals surface area contributed by atoms with Crippen LogP contribution >= 0.6 is 0 Å². The summed E-state index contributed by atoms with van der Waals surface area (Å²) >= 11 is 0. The molecule has 0 N–H and O–H groups in total. The van der Waals surface area contributed by atoms with Gasteiger partial charge in [0.15, 0.2) is 5.78 Å². The smallest absolute Gasteiger partial charge is 0.433 e. The zero-order valence-electron chi connectivity index (χ0n) is 16.3. The van der Waals surface area contributed by atoms with Crippen LogP contribution in [0.1, 0.15) is 68.9 Å².